The van der Waals surface area contributed by atoms with Crippen LogP contribution < -0.4 is 0 Å². The maximum absolute atomic E-state index is 8.64. The highest BCUT2D eigenvalue weighted by Gasteiger charge is 2.07. The van der Waals surface area contributed by atoms with Crippen LogP contribution in [-0.2, 0) is 6.54 Å². The molecule has 0 bridgehead atoms. The van der Waals surface area contributed by atoms with Gasteiger partial charge >= 0.3 is 0 Å². The summed E-state index contributed by atoms with van der Waals surface area (Å²) in [5.74, 6) is 0.454. The van der Waals surface area contributed by atoms with E-state index in [2.05, 4.69) is 22.5 Å². The van der Waals surface area contributed by atoms with Crippen molar-refractivity contribution in [2.45, 2.75) is 13.0 Å². The van der Waals surface area contributed by atoms with Crippen LogP contribution in [-0.4, -0.2) is 28.9 Å². The molecule has 0 N–H and O–H groups in total. The molecule has 0 saturated carbocycles. The Kier molecular flexibility index (Phi) is 6.31. The van der Waals surface area contributed by atoms with Crippen LogP contribution in [0.25, 0.3) is 0 Å². The van der Waals surface area contributed by atoms with E-state index in [0.29, 0.717) is 12.3 Å². The van der Waals surface area contributed by atoms with Crippen LogP contribution in [0.3, 0.4) is 0 Å². The van der Waals surface area contributed by atoms with E-state index in [9.17, 15) is 0 Å². The summed E-state index contributed by atoms with van der Waals surface area (Å²) in [6.45, 7) is 6.11. The van der Waals surface area contributed by atoms with Crippen LogP contribution in [0.4, 0.5) is 0 Å². The molecule has 0 unspecified atom stereocenters. The minimum Gasteiger partial charge on any atom is -0.294 e. The van der Waals surface area contributed by atoms with Gasteiger partial charge in [0.2, 0.25) is 0 Å². The van der Waals surface area contributed by atoms with Crippen LogP contribution in [0.2, 0.25) is 0 Å². The Morgan fingerprint density at radius 2 is 2.41 bits per heavy atom. The lowest BCUT2D eigenvalue weighted by Gasteiger charge is -2.21. The number of nitrogens with zero attached hydrogens (tertiary/aromatic N) is 3. The van der Waals surface area contributed by atoms with Crippen LogP contribution >= 0.6 is 11.6 Å². The van der Waals surface area contributed by atoms with E-state index >= 15 is 0 Å². The molecule has 0 aromatic carbocycles. The molecule has 3 nitrogen and oxygen atoms in total. The minimum atomic E-state index is 0.454. The smallest absolute Gasteiger partial charge is 0.0635 e. The number of hydrogen-bond acceptors (Lipinski definition) is 3. The molecule has 1 heterocycles. The Hall–Kier alpha value is -1.37. The van der Waals surface area contributed by atoms with Crippen molar-refractivity contribution in [1.29, 1.82) is 5.26 Å². The maximum atomic E-state index is 8.64. The van der Waals surface area contributed by atoms with Gasteiger partial charge in [-0.25, -0.2) is 0 Å². The third kappa shape index (κ3) is 5.48. The first-order chi connectivity index (χ1) is 8.26. The average Bonchev–Trinajstić information content (AvgIpc) is 2.37. The molecule has 0 spiro atoms. The van der Waals surface area contributed by atoms with Gasteiger partial charge in [0.05, 0.1) is 6.07 Å². The van der Waals surface area contributed by atoms with Gasteiger partial charge in [-0.2, -0.15) is 5.26 Å². The highest BCUT2D eigenvalue weighted by atomic mass is 35.5. The molecule has 0 aliphatic carbocycles. The summed E-state index contributed by atoms with van der Waals surface area (Å²) in [6.07, 6.45) is 4.10. The minimum absolute atomic E-state index is 0.454. The Labute approximate surface area is 107 Å². The van der Waals surface area contributed by atoms with Gasteiger partial charge in [-0.05, 0) is 17.2 Å². The number of nitriles is 1. The molecule has 0 aliphatic heterocycles. The zero-order valence-corrected chi connectivity index (χ0v) is 10.5. The fourth-order valence-electron chi connectivity index (χ4n) is 1.53. The molecule has 17 heavy (non-hydrogen) atoms. The molecular weight excluding hydrogens is 234 g/mol. The second-order valence-corrected chi connectivity index (χ2v) is 4.13. The van der Waals surface area contributed by atoms with Crippen molar-refractivity contribution < 1.29 is 0 Å². The van der Waals surface area contributed by atoms with Gasteiger partial charge in [0.25, 0.3) is 0 Å². The Balaban J connectivity index is 2.57. The van der Waals surface area contributed by atoms with Gasteiger partial charge < -0.3 is 0 Å². The summed E-state index contributed by atoms with van der Waals surface area (Å²) >= 11 is 5.73. The van der Waals surface area contributed by atoms with Gasteiger partial charge in [-0.1, -0.05) is 12.6 Å². The fourth-order valence-corrected chi connectivity index (χ4v) is 1.61. The molecule has 0 aliphatic rings. The summed E-state index contributed by atoms with van der Waals surface area (Å²) in [5.41, 5.74) is 2.10. The summed E-state index contributed by atoms with van der Waals surface area (Å²) < 4.78 is 0. The average molecular weight is 250 g/mol. The standard InChI is InChI=1S/C13H16ClN3/c1-12(8-14)10-17(7-3-5-15)11-13-4-2-6-16-9-13/h2,4,6,9H,1,3,7-8,10-11H2. The predicted octanol–water partition coefficient (Wildman–Crippen LogP) is 2.59. The second-order valence-electron chi connectivity index (χ2n) is 3.86. The highest BCUT2D eigenvalue weighted by molar-refractivity contribution is 6.19. The van der Waals surface area contributed by atoms with Crippen LogP contribution in [0.1, 0.15) is 12.0 Å². The molecule has 1 rings (SSSR count). The number of halogens is 1. The first kappa shape index (κ1) is 13.7. The van der Waals surface area contributed by atoms with Crippen molar-refractivity contribution >= 4 is 11.6 Å². The lowest BCUT2D eigenvalue weighted by atomic mass is 10.2. The molecule has 0 amide bonds. The second kappa shape index (κ2) is 7.83. The summed E-state index contributed by atoms with van der Waals surface area (Å²) in [7, 11) is 0. The quantitative estimate of drug-likeness (QED) is 0.551. The molecule has 0 fully saturated rings. The maximum Gasteiger partial charge on any atom is 0.0635 e. The van der Waals surface area contributed by atoms with Gasteiger partial charge in [-0.15, -0.1) is 11.6 Å². The van der Waals surface area contributed by atoms with E-state index in [4.69, 9.17) is 16.9 Å². The van der Waals surface area contributed by atoms with Crippen molar-refractivity contribution in [2.75, 3.05) is 19.0 Å². The van der Waals surface area contributed by atoms with E-state index in [1.807, 2.05) is 18.3 Å². The predicted molar refractivity (Wildman–Crippen MR) is 69.6 cm³/mol. The highest BCUT2D eigenvalue weighted by Crippen LogP contribution is 2.07. The molecule has 1 aromatic rings. The van der Waals surface area contributed by atoms with E-state index in [1.54, 1.807) is 6.20 Å². The summed E-state index contributed by atoms with van der Waals surface area (Å²) in [4.78, 5) is 6.23. The number of rotatable bonds is 7. The summed E-state index contributed by atoms with van der Waals surface area (Å²) in [5, 5.41) is 8.64. The molecule has 90 valence electrons. The van der Waals surface area contributed by atoms with Crippen LogP contribution in [0, 0.1) is 11.3 Å². The van der Waals surface area contributed by atoms with Crippen molar-refractivity contribution in [3.8, 4) is 6.07 Å². The van der Waals surface area contributed by atoms with E-state index in [0.717, 1.165) is 30.8 Å². The molecule has 0 saturated heterocycles. The largest absolute Gasteiger partial charge is 0.294 e. The van der Waals surface area contributed by atoms with Crippen molar-refractivity contribution in [1.82, 2.24) is 9.88 Å². The zero-order valence-electron chi connectivity index (χ0n) is 9.77. The lowest BCUT2D eigenvalue weighted by Crippen LogP contribution is -2.26. The molecule has 0 atom stereocenters. The van der Waals surface area contributed by atoms with Gasteiger partial charge in [0.1, 0.15) is 0 Å². The molecular formula is C13H16ClN3. The third-order valence-corrected chi connectivity index (χ3v) is 2.68. The monoisotopic (exact) mass is 249 g/mol. The van der Waals surface area contributed by atoms with E-state index in [-0.39, 0.29) is 0 Å². The number of hydrogen-bond donors (Lipinski definition) is 0. The van der Waals surface area contributed by atoms with Gasteiger partial charge in [0.15, 0.2) is 0 Å². The molecule has 0 radical (unpaired) electrons. The normalized spacial score (nSPS) is 10.2. The number of alkyl halides is 1. The first-order valence-electron chi connectivity index (χ1n) is 5.47. The first-order valence-corrected chi connectivity index (χ1v) is 6.00. The SMILES string of the molecule is C=C(CCl)CN(CCC#N)Cc1cccnc1. The van der Waals surface area contributed by atoms with Crippen LogP contribution in [0.5, 0.6) is 0 Å². The molecule has 1 aromatic heterocycles. The van der Waals surface area contributed by atoms with Crippen molar-refractivity contribution in [3.63, 3.8) is 0 Å². The number of pyridine rings is 1. The fraction of sp³-hybridized carbons (Fsp3) is 0.385. The Bertz CT molecular complexity index is 383. The van der Waals surface area contributed by atoms with E-state index < -0.39 is 0 Å². The van der Waals surface area contributed by atoms with Gasteiger partial charge in [0, 0.05) is 44.3 Å². The van der Waals surface area contributed by atoms with Crippen molar-refractivity contribution in [2.24, 2.45) is 0 Å². The topological polar surface area (TPSA) is 39.9 Å². The summed E-state index contributed by atoms with van der Waals surface area (Å²) in [6, 6.07) is 6.09. The third-order valence-electron chi connectivity index (χ3n) is 2.31. The van der Waals surface area contributed by atoms with E-state index in [1.165, 1.54) is 0 Å². The molecule has 4 heteroatoms. The zero-order chi connectivity index (χ0) is 12.5. The Morgan fingerprint density at radius 1 is 1.59 bits per heavy atom. The van der Waals surface area contributed by atoms with Crippen LogP contribution in [0.15, 0.2) is 36.7 Å². The van der Waals surface area contributed by atoms with Crippen molar-refractivity contribution in [3.05, 3.63) is 42.2 Å². The lowest BCUT2D eigenvalue weighted by molar-refractivity contribution is 0.295. The Morgan fingerprint density at radius 3 is 3.00 bits per heavy atom. The number of aromatic nitrogens is 1. The van der Waals surface area contributed by atoms with Gasteiger partial charge in [-0.3, -0.25) is 9.88 Å².